The number of β-amino-alcohol motifs (C(OH)–C–C–N with tert-alkyl or cyclic N) is 1. The molecular formula is C14H23ClN2O4S. The standard InChI is InChI=1S/C14H22N2O4S.ClH/c1-12(17)11-15-7-9-16(10-8-15)21(18,19)14-6-4-3-5-13(14)20-2;/h3-6,12,17H,7-11H2,1-2H3;1H. The number of methoxy groups -OCH3 is 1. The van der Waals surface area contributed by atoms with Crippen LogP contribution in [0.15, 0.2) is 29.2 Å². The van der Waals surface area contributed by atoms with Crippen LogP contribution in [0.25, 0.3) is 0 Å². The van der Waals surface area contributed by atoms with E-state index in [0.29, 0.717) is 38.5 Å². The molecule has 6 nitrogen and oxygen atoms in total. The average Bonchev–Trinajstić information content (AvgIpc) is 2.47. The number of nitrogens with zero attached hydrogens (tertiary/aromatic N) is 2. The zero-order chi connectivity index (χ0) is 15.5. The number of aliphatic hydroxyl groups excluding tert-OH is 1. The monoisotopic (exact) mass is 350 g/mol. The van der Waals surface area contributed by atoms with E-state index in [2.05, 4.69) is 4.90 Å². The summed E-state index contributed by atoms with van der Waals surface area (Å²) >= 11 is 0. The number of hydrogen-bond donors (Lipinski definition) is 1. The van der Waals surface area contributed by atoms with E-state index in [1.807, 2.05) is 0 Å². The van der Waals surface area contributed by atoms with Crippen LogP contribution in [0.2, 0.25) is 0 Å². The Labute approximate surface area is 138 Å². The van der Waals surface area contributed by atoms with Gasteiger partial charge in [0, 0.05) is 32.7 Å². The van der Waals surface area contributed by atoms with Gasteiger partial charge in [-0.2, -0.15) is 4.31 Å². The molecule has 0 spiro atoms. The number of halogens is 1. The first-order chi connectivity index (χ1) is 9.95. The average molecular weight is 351 g/mol. The second-order valence-corrected chi connectivity index (χ2v) is 7.11. The Balaban J connectivity index is 0.00000242. The maximum Gasteiger partial charge on any atom is 0.246 e. The molecule has 1 saturated heterocycles. The van der Waals surface area contributed by atoms with Gasteiger partial charge in [-0.25, -0.2) is 8.42 Å². The number of benzene rings is 1. The van der Waals surface area contributed by atoms with Gasteiger partial charge in [-0.05, 0) is 19.1 Å². The first-order valence-electron chi connectivity index (χ1n) is 6.98. The molecule has 1 N–H and O–H groups in total. The molecule has 1 fully saturated rings. The van der Waals surface area contributed by atoms with Crippen molar-refractivity contribution in [3.8, 4) is 5.75 Å². The fraction of sp³-hybridized carbons (Fsp3) is 0.571. The topological polar surface area (TPSA) is 70.1 Å². The predicted octanol–water partition coefficient (Wildman–Crippen LogP) is 0.804. The SMILES string of the molecule is COc1ccccc1S(=O)(=O)N1CCN(CC(C)O)CC1.Cl. The van der Waals surface area contributed by atoms with Gasteiger partial charge < -0.3 is 9.84 Å². The van der Waals surface area contributed by atoms with Crippen molar-refractivity contribution in [2.24, 2.45) is 0 Å². The van der Waals surface area contributed by atoms with Gasteiger partial charge in [-0.1, -0.05) is 12.1 Å². The van der Waals surface area contributed by atoms with Crippen molar-refractivity contribution in [2.45, 2.75) is 17.9 Å². The van der Waals surface area contributed by atoms with E-state index in [1.54, 1.807) is 31.2 Å². The van der Waals surface area contributed by atoms with Gasteiger partial charge in [0.1, 0.15) is 10.6 Å². The van der Waals surface area contributed by atoms with Crippen LogP contribution in [0.3, 0.4) is 0 Å². The fourth-order valence-corrected chi connectivity index (χ4v) is 4.08. The molecular weight excluding hydrogens is 328 g/mol. The summed E-state index contributed by atoms with van der Waals surface area (Å²) in [5.74, 6) is 0.365. The summed E-state index contributed by atoms with van der Waals surface area (Å²) in [6.07, 6.45) is -0.401. The molecule has 2 rings (SSSR count). The zero-order valence-electron chi connectivity index (χ0n) is 12.8. The lowest BCUT2D eigenvalue weighted by Gasteiger charge is -2.34. The normalized spacial score (nSPS) is 18.5. The first kappa shape index (κ1) is 19.2. The van der Waals surface area contributed by atoms with E-state index in [-0.39, 0.29) is 17.3 Å². The Morgan fingerprint density at radius 2 is 1.82 bits per heavy atom. The molecule has 0 amide bonds. The smallest absolute Gasteiger partial charge is 0.246 e. The molecule has 1 unspecified atom stereocenters. The van der Waals surface area contributed by atoms with Gasteiger partial charge in [0.05, 0.1) is 13.2 Å². The number of ether oxygens (including phenoxy) is 1. The fourth-order valence-electron chi connectivity index (χ4n) is 2.50. The lowest BCUT2D eigenvalue weighted by atomic mass is 10.3. The Hall–Kier alpha value is -0.860. The molecule has 1 aliphatic heterocycles. The van der Waals surface area contributed by atoms with E-state index >= 15 is 0 Å². The third kappa shape index (κ3) is 4.33. The van der Waals surface area contributed by atoms with Gasteiger partial charge in [0.2, 0.25) is 10.0 Å². The number of hydrogen-bond acceptors (Lipinski definition) is 5. The summed E-state index contributed by atoms with van der Waals surface area (Å²) in [6.45, 7) is 4.40. The number of piperazine rings is 1. The molecule has 1 atom stereocenters. The molecule has 1 aromatic carbocycles. The molecule has 0 aliphatic carbocycles. The van der Waals surface area contributed by atoms with E-state index in [4.69, 9.17) is 4.74 Å². The minimum Gasteiger partial charge on any atom is -0.495 e. The Morgan fingerprint density at radius 1 is 1.23 bits per heavy atom. The molecule has 0 saturated carbocycles. The number of para-hydroxylation sites is 1. The van der Waals surface area contributed by atoms with Crippen LogP contribution < -0.4 is 4.74 Å². The number of sulfonamides is 1. The molecule has 0 aromatic heterocycles. The van der Waals surface area contributed by atoms with E-state index < -0.39 is 16.1 Å². The summed E-state index contributed by atoms with van der Waals surface area (Å²) in [4.78, 5) is 2.27. The highest BCUT2D eigenvalue weighted by molar-refractivity contribution is 7.89. The molecule has 8 heteroatoms. The van der Waals surface area contributed by atoms with E-state index in [9.17, 15) is 13.5 Å². The van der Waals surface area contributed by atoms with Crippen LogP contribution >= 0.6 is 12.4 Å². The number of rotatable bonds is 5. The maximum absolute atomic E-state index is 12.7. The molecule has 22 heavy (non-hydrogen) atoms. The van der Waals surface area contributed by atoms with Crippen LogP contribution in [0.4, 0.5) is 0 Å². The van der Waals surface area contributed by atoms with Crippen LogP contribution in [0.1, 0.15) is 6.92 Å². The minimum atomic E-state index is -3.54. The Morgan fingerprint density at radius 3 is 2.36 bits per heavy atom. The van der Waals surface area contributed by atoms with E-state index in [1.165, 1.54) is 11.4 Å². The number of aliphatic hydroxyl groups is 1. The summed E-state index contributed by atoms with van der Waals surface area (Å²) in [6, 6.07) is 6.66. The Bertz CT molecular complexity index is 572. The van der Waals surface area contributed by atoms with Gasteiger partial charge in [-0.3, -0.25) is 4.90 Å². The van der Waals surface area contributed by atoms with Crippen LogP contribution in [-0.4, -0.2) is 68.7 Å². The van der Waals surface area contributed by atoms with Gasteiger partial charge in [0.15, 0.2) is 0 Å². The second-order valence-electron chi connectivity index (χ2n) is 5.20. The molecule has 1 aromatic rings. The Kier molecular flexibility index (Phi) is 7.08. The first-order valence-corrected chi connectivity index (χ1v) is 8.42. The third-order valence-corrected chi connectivity index (χ3v) is 5.48. The summed E-state index contributed by atoms with van der Waals surface area (Å²) in [5.41, 5.74) is 0. The summed E-state index contributed by atoms with van der Waals surface area (Å²) in [5, 5.41) is 9.39. The zero-order valence-corrected chi connectivity index (χ0v) is 14.4. The molecule has 0 radical (unpaired) electrons. The van der Waals surface area contributed by atoms with Crippen LogP contribution in [0, 0.1) is 0 Å². The summed E-state index contributed by atoms with van der Waals surface area (Å²) in [7, 11) is -2.07. The highest BCUT2D eigenvalue weighted by Crippen LogP contribution is 2.26. The lowest BCUT2D eigenvalue weighted by Crippen LogP contribution is -2.50. The van der Waals surface area contributed by atoms with Gasteiger partial charge >= 0.3 is 0 Å². The van der Waals surface area contributed by atoms with E-state index in [0.717, 1.165) is 0 Å². The molecule has 1 heterocycles. The largest absolute Gasteiger partial charge is 0.495 e. The van der Waals surface area contributed by atoms with Crippen molar-refractivity contribution < 1.29 is 18.3 Å². The van der Waals surface area contributed by atoms with Gasteiger partial charge in [-0.15, -0.1) is 12.4 Å². The highest BCUT2D eigenvalue weighted by Gasteiger charge is 2.30. The quantitative estimate of drug-likeness (QED) is 0.850. The van der Waals surface area contributed by atoms with Crippen molar-refractivity contribution in [1.82, 2.24) is 9.21 Å². The van der Waals surface area contributed by atoms with Crippen molar-refractivity contribution in [3.05, 3.63) is 24.3 Å². The van der Waals surface area contributed by atoms with Gasteiger partial charge in [0.25, 0.3) is 0 Å². The van der Waals surface area contributed by atoms with Crippen molar-refractivity contribution in [1.29, 1.82) is 0 Å². The highest BCUT2D eigenvalue weighted by atomic mass is 35.5. The molecule has 0 bridgehead atoms. The van der Waals surface area contributed by atoms with Crippen LogP contribution in [0.5, 0.6) is 5.75 Å². The van der Waals surface area contributed by atoms with Crippen molar-refractivity contribution >= 4 is 22.4 Å². The second kappa shape index (κ2) is 8.12. The third-order valence-electron chi connectivity index (χ3n) is 3.54. The molecule has 1 aliphatic rings. The lowest BCUT2D eigenvalue weighted by molar-refractivity contribution is 0.103. The van der Waals surface area contributed by atoms with Crippen molar-refractivity contribution in [2.75, 3.05) is 39.8 Å². The predicted molar refractivity (Wildman–Crippen MR) is 87.1 cm³/mol. The molecule has 126 valence electrons. The summed E-state index contributed by atoms with van der Waals surface area (Å²) < 4.78 is 32.0. The van der Waals surface area contributed by atoms with Crippen LogP contribution in [-0.2, 0) is 10.0 Å². The van der Waals surface area contributed by atoms with Crippen molar-refractivity contribution in [3.63, 3.8) is 0 Å². The minimum absolute atomic E-state index is 0. The maximum atomic E-state index is 12.7.